The van der Waals surface area contributed by atoms with E-state index in [0.717, 1.165) is 50.5 Å². The monoisotopic (exact) mass is 393 g/mol. The minimum absolute atomic E-state index is 0.0297. The van der Waals surface area contributed by atoms with Crippen molar-refractivity contribution in [2.45, 2.75) is 13.3 Å². The molecule has 154 valence electrons. The maximum atomic E-state index is 12.4. The van der Waals surface area contributed by atoms with Crippen LogP contribution in [0.25, 0.3) is 6.08 Å². The number of carbonyl (C=O) groups is 1. The third kappa shape index (κ3) is 6.73. The zero-order chi connectivity index (χ0) is 20.5. The predicted molar refractivity (Wildman–Crippen MR) is 119 cm³/mol. The molecule has 1 aliphatic heterocycles. The lowest BCUT2D eigenvalue weighted by atomic mass is 10.2. The fraction of sp³-hybridized carbons (Fsp3) is 0.375. The second-order valence-corrected chi connectivity index (χ2v) is 7.46. The zero-order valence-corrected chi connectivity index (χ0v) is 17.4. The van der Waals surface area contributed by atoms with Gasteiger partial charge in [0.15, 0.2) is 0 Å². The third-order valence-corrected chi connectivity index (χ3v) is 5.22. The molecule has 0 bridgehead atoms. The molecule has 2 aromatic rings. The van der Waals surface area contributed by atoms with Crippen LogP contribution in [0.5, 0.6) is 5.75 Å². The Bertz CT molecular complexity index is 812. The van der Waals surface area contributed by atoms with Gasteiger partial charge < -0.3 is 15.0 Å². The van der Waals surface area contributed by atoms with Gasteiger partial charge in [-0.2, -0.15) is 0 Å². The topological polar surface area (TPSA) is 44.8 Å². The number of methoxy groups -OCH3 is 1. The summed E-state index contributed by atoms with van der Waals surface area (Å²) in [5.74, 6) is 0.725. The predicted octanol–water partition coefficient (Wildman–Crippen LogP) is 3.66. The molecule has 1 saturated heterocycles. The fourth-order valence-electron chi connectivity index (χ4n) is 3.49. The molecule has 0 atom stereocenters. The zero-order valence-electron chi connectivity index (χ0n) is 17.4. The number of ether oxygens (including phenoxy) is 1. The van der Waals surface area contributed by atoms with E-state index in [2.05, 4.69) is 51.5 Å². The quantitative estimate of drug-likeness (QED) is 0.743. The van der Waals surface area contributed by atoms with Crippen LogP contribution in [0.3, 0.4) is 0 Å². The number of rotatable bonds is 8. The lowest BCUT2D eigenvalue weighted by Crippen LogP contribution is -2.46. The van der Waals surface area contributed by atoms with E-state index in [1.165, 1.54) is 5.56 Å². The van der Waals surface area contributed by atoms with Crippen LogP contribution in [0.1, 0.15) is 17.5 Å². The number of amides is 1. The second kappa shape index (κ2) is 10.8. The van der Waals surface area contributed by atoms with Gasteiger partial charge in [-0.15, -0.1) is 0 Å². The number of carbonyl (C=O) groups excluding carboxylic acids is 1. The molecule has 1 heterocycles. The molecule has 0 aromatic heterocycles. The Labute approximate surface area is 174 Å². The minimum Gasteiger partial charge on any atom is -0.495 e. The fourth-order valence-corrected chi connectivity index (χ4v) is 3.49. The summed E-state index contributed by atoms with van der Waals surface area (Å²) in [7, 11) is 1.62. The van der Waals surface area contributed by atoms with E-state index in [1.54, 1.807) is 7.11 Å². The van der Waals surface area contributed by atoms with Crippen molar-refractivity contribution in [2.24, 2.45) is 0 Å². The van der Waals surface area contributed by atoms with Gasteiger partial charge in [0.25, 0.3) is 0 Å². The number of benzene rings is 2. The van der Waals surface area contributed by atoms with Crippen LogP contribution in [0.2, 0.25) is 0 Å². The Balaban J connectivity index is 1.37. The molecule has 2 aromatic carbocycles. The normalized spacial score (nSPS) is 15.5. The summed E-state index contributed by atoms with van der Waals surface area (Å²) in [5, 5.41) is 2.98. The Morgan fingerprint density at radius 2 is 1.79 bits per heavy atom. The van der Waals surface area contributed by atoms with E-state index >= 15 is 0 Å². The van der Waals surface area contributed by atoms with Crippen molar-refractivity contribution in [3.63, 3.8) is 0 Å². The number of piperazine rings is 1. The Morgan fingerprint density at radius 3 is 2.52 bits per heavy atom. The Kier molecular flexibility index (Phi) is 7.85. The van der Waals surface area contributed by atoms with Crippen LogP contribution >= 0.6 is 0 Å². The van der Waals surface area contributed by atoms with Gasteiger partial charge in [-0.05, 0) is 30.2 Å². The summed E-state index contributed by atoms with van der Waals surface area (Å²) in [6.07, 6.45) is 4.90. The summed E-state index contributed by atoms with van der Waals surface area (Å²) in [6.45, 7) is 7.83. The molecule has 0 unspecified atom stereocenters. The highest BCUT2D eigenvalue weighted by atomic mass is 16.5. The summed E-state index contributed by atoms with van der Waals surface area (Å²) >= 11 is 0. The number of nitrogens with zero attached hydrogens (tertiary/aromatic N) is 2. The summed E-state index contributed by atoms with van der Waals surface area (Å²) < 4.78 is 5.33. The molecule has 1 amide bonds. The molecule has 0 aliphatic carbocycles. The first-order chi connectivity index (χ1) is 14.1. The molecule has 5 nitrogen and oxygen atoms in total. The Morgan fingerprint density at radius 1 is 1.07 bits per heavy atom. The first-order valence-corrected chi connectivity index (χ1v) is 10.2. The average molecular weight is 394 g/mol. The van der Waals surface area contributed by atoms with E-state index in [0.29, 0.717) is 12.2 Å². The van der Waals surface area contributed by atoms with Gasteiger partial charge in [-0.25, -0.2) is 0 Å². The molecule has 1 N–H and O–H groups in total. The summed E-state index contributed by atoms with van der Waals surface area (Å²) in [6, 6.07) is 16.2. The molecular weight excluding hydrogens is 362 g/mol. The van der Waals surface area contributed by atoms with E-state index in [1.807, 2.05) is 31.2 Å². The summed E-state index contributed by atoms with van der Waals surface area (Å²) in [5.41, 5.74) is 3.08. The van der Waals surface area contributed by atoms with Crippen molar-refractivity contribution in [3.05, 3.63) is 65.7 Å². The maximum Gasteiger partial charge on any atom is 0.225 e. The van der Waals surface area contributed by atoms with Crippen LogP contribution in [-0.2, 0) is 4.79 Å². The largest absolute Gasteiger partial charge is 0.495 e. The van der Waals surface area contributed by atoms with Crippen molar-refractivity contribution in [1.82, 2.24) is 9.80 Å². The lowest BCUT2D eigenvalue weighted by molar-refractivity contribution is -0.116. The average Bonchev–Trinajstić information content (AvgIpc) is 2.74. The minimum atomic E-state index is 0.0297. The van der Waals surface area contributed by atoms with E-state index < -0.39 is 0 Å². The highest BCUT2D eigenvalue weighted by molar-refractivity contribution is 5.92. The molecule has 0 spiro atoms. The third-order valence-electron chi connectivity index (χ3n) is 5.22. The van der Waals surface area contributed by atoms with Crippen LogP contribution < -0.4 is 10.1 Å². The number of nitrogens with one attached hydrogen (secondary N) is 1. The van der Waals surface area contributed by atoms with Crippen LogP contribution in [0, 0.1) is 6.92 Å². The molecule has 3 rings (SSSR count). The first-order valence-electron chi connectivity index (χ1n) is 10.2. The smallest absolute Gasteiger partial charge is 0.225 e. The van der Waals surface area contributed by atoms with Crippen LogP contribution in [0.15, 0.2) is 54.6 Å². The van der Waals surface area contributed by atoms with Crippen molar-refractivity contribution in [3.8, 4) is 5.75 Å². The van der Waals surface area contributed by atoms with Gasteiger partial charge in [0.2, 0.25) is 5.91 Å². The first kappa shape index (κ1) is 21.1. The molecule has 0 radical (unpaired) electrons. The number of hydrogen-bond acceptors (Lipinski definition) is 4. The molecule has 1 aliphatic rings. The highest BCUT2D eigenvalue weighted by Gasteiger charge is 2.17. The molecular formula is C24H31N3O2. The second-order valence-electron chi connectivity index (χ2n) is 7.46. The molecule has 1 fully saturated rings. The van der Waals surface area contributed by atoms with Gasteiger partial charge in [0.1, 0.15) is 5.75 Å². The van der Waals surface area contributed by atoms with Crippen LogP contribution in [-0.4, -0.2) is 62.1 Å². The SMILES string of the molecule is COc1ccc(C)cc1NC(=O)CCN1CCN(C/C=C\c2ccccc2)CC1. The van der Waals surface area contributed by atoms with Gasteiger partial charge in [0, 0.05) is 45.7 Å². The number of aryl methyl sites for hydroxylation is 1. The molecule has 0 saturated carbocycles. The van der Waals surface area contributed by atoms with Crippen molar-refractivity contribution in [2.75, 3.05) is 51.7 Å². The number of anilines is 1. The van der Waals surface area contributed by atoms with Gasteiger partial charge in [-0.1, -0.05) is 48.6 Å². The molecule has 5 heteroatoms. The van der Waals surface area contributed by atoms with E-state index in [-0.39, 0.29) is 5.91 Å². The maximum absolute atomic E-state index is 12.4. The highest BCUT2D eigenvalue weighted by Crippen LogP contribution is 2.25. The van der Waals surface area contributed by atoms with E-state index in [4.69, 9.17) is 4.74 Å². The van der Waals surface area contributed by atoms with Gasteiger partial charge >= 0.3 is 0 Å². The van der Waals surface area contributed by atoms with Crippen molar-refractivity contribution < 1.29 is 9.53 Å². The van der Waals surface area contributed by atoms with Gasteiger partial charge in [0.05, 0.1) is 12.8 Å². The lowest BCUT2D eigenvalue weighted by Gasteiger charge is -2.34. The Hall–Kier alpha value is -2.63. The van der Waals surface area contributed by atoms with Crippen molar-refractivity contribution in [1.29, 1.82) is 0 Å². The van der Waals surface area contributed by atoms with Crippen LogP contribution in [0.4, 0.5) is 5.69 Å². The summed E-state index contributed by atoms with van der Waals surface area (Å²) in [4.78, 5) is 17.2. The standard InChI is InChI=1S/C24H31N3O2/c1-20-10-11-23(29-2)22(19-20)25-24(28)12-14-27-17-15-26(16-18-27)13-6-9-21-7-4-3-5-8-21/h3-11,19H,12-18H2,1-2H3,(H,25,28)/b9-6-. The van der Waals surface area contributed by atoms with Gasteiger partial charge in [-0.3, -0.25) is 9.69 Å². The molecule has 29 heavy (non-hydrogen) atoms. The van der Waals surface area contributed by atoms with E-state index in [9.17, 15) is 4.79 Å². The number of hydrogen-bond donors (Lipinski definition) is 1. The van der Waals surface area contributed by atoms with Crippen molar-refractivity contribution >= 4 is 17.7 Å².